The van der Waals surface area contributed by atoms with E-state index < -0.39 is 0 Å². The molecule has 8 nitrogen and oxygen atoms in total. The van der Waals surface area contributed by atoms with Gasteiger partial charge in [-0.1, -0.05) is 23.9 Å². The first kappa shape index (κ1) is 22.0. The molecule has 168 valence electrons. The molecule has 0 saturated carbocycles. The lowest BCUT2D eigenvalue weighted by Crippen LogP contribution is -2.49. The number of carbonyl (C=O) groups excluding carboxylic acids is 1. The van der Waals surface area contributed by atoms with E-state index in [1.807, 2.05) is 60.4 Å². The number of hydrogen-bond acceptors (Lipinski definition) is 8. The number of nitrogens with zero attached hydrogens (tertiary/aromatic N) is 4. The van der Waals surface area contributed by atoms with Gasteiger partial charge in [0.1, 0.15) is 11.5 Å². The van der Waals surface area contributed by atoms with Gasteiger partial charge in [-0.3, -0.25) is 4.79 Å². The number of methoxy groups -OCH3 is 1. The first-order valence-corrected chi connectivity index (χ1v) is 11.4. The van der Waals surface area contributed by atoms with Crippen LogP contribution in [-0.2, 0) is 11.4 Å². The number of ether oxygens (including phenoxy) is 2. The Bertz CT molecular complexity index is 1030. The van der Waals surface area contributed by atoms with E-state index in [-0.39, 0.29) is 18.3 Å². The number of carbonyl (C=O) groups is 1. The quantitative estimate of drug-likeness (QED) is 0.479. The normalized spacial score (nSPS) is 13.8. The number of hydrogen-bond donors (Lipinski definition) is 0. The number of piperazine rings is 1. The van der Waals surface area contributed by atoms with Crippen LogP contribution >= 0.6 is 11.8 Å². The van der Waals surface area contributed by atoms with Crippen molar-refractivity contribution in [2.45, 2.75) is 18.8 Å². The number of aromatic nitrogens is 2. The highest BCUT2D eigenvalue weighted by atomic mass is 32.2. The third-order valence-corrected chi connectivity index (χ3v) is 5.99. The summed E-state index contributed by atoms with van der Waals surface area (Å²) in [6.45, 7) is 5.16. The summed E-state index contributed by atoms with van der Waals surface area (Å²) in [7, 11) is 1.66. The second-order valence-corrected chi connectivity index (χ2v) is 8.35. The van der Waals surface area contributed by atoms with Crippen LogP contribution in [0.1, 0.15) is 11.5 Å². The first-order valence-electron chi connectivity index (χ1n) is 10.4. The van der Waals surface area contributed by atoms with E-state index in [1.54, 1.807) is 7.11 Å². The second kappa shape index (κ2) is 10.4. The summed E-state index contributed by atoms with van der Waals surface area (Å²) in [5.74, 6) is 2.31. The third-order valence-electron chi connectivity index (χ3n) is 5.19. The minimum atomic E-state index is 0.0696. The summed E-state index contributed by atoms with van der Waals surface area (Å²) in [5.41, 5.74) is 2.26. The van der Waals surface area contributed by atoms with E-state index in [0.717, 1.165) is 35.8 Å². The van der Waals surface area contributed by atoms with Crippen LogP contribution in [0.4, 0.5) is 5.69 Å². The Hall–Kier alpha value is -3.20. The fourth-order valence-electron chi connectivity index (χ4n) is 3.43. The maximum atomic E-state index is 12.6. The predicted molar refractivity (Wildman–Crippen MR) is 122 cm³/mol. The standard InChI is InChI=1S/C23H26N4O4S/c1-17-4-3-5-20(14-17)30-15-21-24-25-23(31-21)32-16-22(28)27-12-10-26(11-13-27)18-6-8-19(29-2)9-7-18/h3-9,14H,10-13,15-16H2,1-2H3. The molecule has 0 N–H and O–H groups in total. The lowest BCUT2D eigenvalue weighted by atomic mass is 10.2. The smallest absolute Gasteiger partial charge is 0.277 e. The van der Waals surface area contributed by atoms with E-state index in [1.165, 1.54) is 11.8 Å². The van der Waals surface area contributed by atoms with Gasteiger partial charge >= 0.3 is 0 Å². The van der Waals surface area contributed by atoms with Crippen molar-refractivity contribution >= 4 is 23.4 Å². The van der Waals surface area contributed by atoms with Crippen LogP contribution in [-0.4, -0.2) is 60.0 Å². The molecule has 9 heteroatoms. The van der Waals surface area contributed by atoms with Gasteiger partial charge in [0.2, 0.25) is 5.91 Å². The van der Waals surface area contributed by atoms with Crippen molar-refractivity contribution in [1.29, 1.82) is 0 Å². The maximum Gasteiger partial charge on any atom is 0.277 e. The summed E-state index contributed by atoms with van der Waals surface area (Å²) in [6, 6.07) is 15.8. The van der Waals surface area contributed by atoms with Crippen LogP contribution in [0.15, 0.2) is 58.2 Å². The average molecular weight is 455 g/mol. The van der Waals surface area contributed by atoms with Gasteiger partial charge in [0.15, 0.2) is 6.61 Å². The van der Waals surface area contributed by atoms with E-state index in [0.29, 0.717) is 24.2 Å². The van der Waals surface area contributed by atoms with Crippen molar-refractivity contribution in [3.8, 4) is 11.5 Å². The molecule has 1 amide bonds. The largest absolute Gasteiger partial charge is 0.497 e. The summed E-state index contributed by atoms with van der Waals surface area (Å²) in [5, 5.41) is 8.38. The van der Waals surface area contributed by atoms with Crippen LogP contribution in [0, 0.1) is 6.92 Å². The molecule has 0 unspecified atom stereocenters. The van der Waals surface area contributed by atoms with Crippen molar-refractivity contribution in [3.63, 3.8) is 0 Å². The highest BCUT2D eigenvalue weighted by molar-refractivity contribution is 7.99. The SMILES string of the molecule is COc1ccc(N2CCN(C(=O)CSc3nnc(COc4cccc(C)c4)o3)CC2)cc1. The van der Waals surface area contributed by atoms with Gasteiger partial charge in [-0.25, -0.2) is 0 Å². The topological polar surface area (TPSA) is 80.9 Å². The van der Waals surface area contributed by atoms with E-state index in [2.05, 4.69) is 15.1 Å². The number of thioether (sulfide) groups is 1. The fraction of sp³-hybridized carbons (Fsp3) is 0.348. The van der Waals surface area contributed by atoms with Crippen molar-refractivity contribution < 1.29 is 18.7 Å². The number of benzene rings is 2. The van der Waals surface area contributed by atoms with Gasteiger partial charge in [0, 0.05) is 31.9 Å². The Morgan fingerprint density at radius 2 is 1.84 bits per heavy atom. The molecule has 1 fully saturated rings. The van der Waals surface area contributed by atoms with E-state index >= 15 is 0 Å². The Balaban J connectivity index is 1.20. The van der Waals surface area contributed by atoms with Crippen molar-refractivity contribution in [2.24, 2.45) is 0 Å². The predicted octanol–water partition coefficient (Wildman–Crippen LogP) is 3.41. The molecule has 2 heterocycles. The van der Waals surface area contributed by atoms with Gasteiger partial charge in [-0.05, 0) is 48.9 Å². The minimum Gasteiger partial charge on any atom is -0.497 e. The Kier molecular flexibility index (Phi) is 7.16. The molecule has 0 atom stereocenters. The molecule has 32 heavy (non-hydrogen) atoms. The van der Waals surface area contributed by atoms with Gasteiger partial charge < -0.3 is 23.7 Å². The van der Waals surface area contributed by atoms with Crippen molar-refractivity contribution in [3.05, 3.63) is 60.0 Å². The maximum absolute atomic E-state index is 12.6. The molecule has 1 aromatic heterocycles. The zero-order chi connectivity index (χ0) is 22.3. The molecule has 1 aliphatic rings. The molecule has 1 aliphatic heterocycles. The van der Waals surface area contributed by atoms with Crippen LogP contribution in [0.5, 0.6) is 11.5 Å². The van der Waals surface area contributed by atoms with Crippen molar-refractivity contribution in [2.75, 3.05) is 43.9 Å². The molecule has 3 aromatic rings. The molecule has 2 aromatic carbocycles. The number of anilines is 1. The van der Waals surface area contributed by atoms with Crippen molar-refractivity contribution in [1.82, 2.24) is 15.1 Å². The molecule has 0 aliphatic carbocycles. The zero-order valence-electron chi connectivity index (χ0n) is 18.2. The number of rotatable bonds is 8. The Morgan fingerprint density at radius 1 is 1.06 bits per heavy atom. The highest BCUT2D eigenvalue weighted by Crippen LogP contribution is 2.22. The van der Waals surface area contributed by atoms with Crippen LogP contribution in [0.2, 0.25) is 0 Å². The fourth-order valence-corrected chi connectivity index (χ4v) is 4.11. The van der Waals surface area contributed by atoms with Gasteiger partial charge in [-0.15, -0.1) is 10.2 Å². The number of amides is 1. The lowest BCUT2D eigenvalue weighted by molar-refractivity contribution is -0.128. The van der Waals surface area contributed by atoms with Gasteiger partial charge in [0.25, 0.3) is 11.1 Å². The molecular weight excluding hydrogens is 428 g/mol. The molecule has 0 bridgehead atoms. The molecule has 4 rings (SSSR count). The van der Waals surface area contributed by atoms with Gasteiger partial charge in [0.05, 0.1) is 12.9 Å². The first-order chi connectivity index (χ1) is 15.6. The third kappa shape index (κ3) is 5.73. The summed E-state index contributed by atoms with van der Waals surface area (Å²) in [6.07, 6.45) is 0. The Labute approximate surface area is 191 Å². The lowest BCUT2D eigenvalue weighted by Gasteiger charge is -2.36. The average Bonchev–Trinajstić information content (AvgIpc) is 3.29. The van der Waals surface area contributed by atoms with E-state index in [4.69, 9.17) is 13.9 Å². The molecule has 0 spiro atoms. The monoisotopic (exact) mass is 454 g/mol. The highest BCUT2D eigenvalue weighted by Gasteiger charge is 2.22. The van der Waals surface area contributed by atoms with E-state index in [9.17, 15) is 4.79 Å². The Morgan fingerprint density at radius 3 is 2.56 bits per heavy atom. The zero-order valence-corrected chi connectivity index (χ0v) is 19.0. The minimum absolute atomic E-state index is 0.0696. The number of aryl methyl sites for hydroxylation is 1. The molecule has 1 saturated heterocycles. The van der Waals surface area contributed by atoms with Crippen LogP contribution in [0.25, 0.3) is 0 Å². The molecule has 0 radical (unpaired) electrons. The summed E-state index contributed by atoms with van der Waals surface area (Å²) < 4.78 is 16.5. The molecular formula is C23H26N4O4S. The van der Waals surface area contributed by atoms with Crippen LogP contribution in [0.3, 0.4) is 0 Å². The van der Waals surface area contributed by atoms with Crippen LogP contribution < -0.4 is 14.4 Å². The van der Waals surface area contributed by atoms with Gasteiger partial charge in [-0.2, -0.15) is 0 Å². The summed E-state index contributed by atoms with van der Waals surface area (Å²) in [4.78, 5) is 16.8. The summed E-state index contributed by atoms with van der Waals surface area (Å²) >= 11 is 1.25. The second-order valence-electron chi connectivity index (χ2n) is 7.42.